The molecule has 0 aliphatic carbocycles. The summed E-state index contributed by atoms with van der Waals surface area (Å²) >= 11 is 0. The number of para-hydroxylation sites is 1. The van der Waals surface area contributed by atoms with Crippen LogP contribution in [0.5, 0.6) is 0 Å². The Morgan fingerprint density at radius 1 is 0.900 bits per heavy atom. The molecule has 40 heavy (non-hydrogen) atoms. The number of anilines is 1. The first kappa shape index (κ1) is 32.6. The summed E-state index contributed by atoms with van der Waals surface area (Å²) in [7, 11) is 2.21. The van der Waals surface area contributed by atoms with E-state index in [2.05, 4.69) is 85.1 Å². The number of hydrogen-bond acceptors (Lipinski definition) is 6. The second-order valence-corrected chi connectivity index (χ2v) is 9.95. The lowest BCUT2D eigenvalue weighted by atomic mass is 10.1. The molecule has 214 valence electrons. The van der Waals surface area contributed by atoms with E-state index in [1.807, 2.05) is 35.9 Å². The predicted octanol–water partition coefficient (Wildman–Crippen LogP) is 7.55. The molecule has 1 unspecified atom stereocenters. The minimum Gasteiger partial charge on any atom is -0.301 e. The minimum absolute atomic E-state index is 0.575. The van der Waals surface area contributed by atoms with Gasteiger partial charge in [0.15, 0.2) is 0 Å². The molecule has 1 atom stereocenters. The number of aromatic nitrogens is 1. The summed E-state index contributed by atoms with van der Waals surface area (Å²) in [5.74, 6) is 0. The van der Waals surface area contributed by atoms with Crippen LogP contribution < -0.4 is 5.48 Å². The quantitative estimate of drug-likeness (QED) is 0.194. The van der Waals surface area contributed by atoms with Crippen molar-refractivity contribution in [2.24, 2.45) is 0 Å². The fraction of sp³-hybridized carbons (Fsp3) is 0.353. The van der Waals surface area contributed by atoms with Gasteiger partial charge in [0.05, 0.1) is 11.2 Å². The summed E-state index contributed by atoms with van der Waals surface area (Å²) in [5.41, 5.74) is 5.62. The van der Waals surface area contributed by atoms with Crippen LogP contribution in [0.1, 0.15) is 56.0 Å². The van der Waals surface area contributed by atoms with Crippen LogP contribution in [0.15, 0.2) is 97.2 Å². The van der Waals surface area contributed by atoms with E-state index in [-0.39, 0.29) is 0 Å². The van der Waals surface area contributed by atoms with E-state index >= 15 is 0 Å². The average molecular weight is 543 g/mol. The van der Waals surface area contributed by atoms with Crippen LogP contribution in [0.4, 0.5) is 5.69 Å². The van der Waals surface area contributed by atoms with Crippen molar-refractivity contribution in [3.8, 4) is 0 Å². The molecule has 1 fully saturated rings. The van der Waals surface area contributed by atoms with E-state index in [1.165, 1.54) is 49.8 Å². The molecule has 3 aromatic carbocycles. The topological polar surface area (TPSA) is 68.7 Å². The van der Waals surface area contributed by atoms with Crippen LogP contribution in [-0.4, -0.2) is 59.0 Å². The van der Waals surface area contributed by atoms with Gasteiger partial charge in [0.2, 0.25) is 0 Å². The number of nitrogens with zero attached hydrogens (tertiary/aromatic N) is 3. The number of fused-ring (bicyclic) bond motifs is 1. The summed E-state index contributed by atoms with van der Waals surface area (Å²) in [6, 6.07) is 30.0. The van der Waals surface area contributed by atoms with Gasteiger partial charge in [-0.2, -0.15) is 0 Å². The van der Waals surface area contributed by atoms with E-state index < -0.39 is 0 Å². The van der Waals surface area contributed by atoms with Crippen LogP contribution in [0.3, 0.4) is 0 Å². The molecule has 2 N–H and O–H groups in total. The lowest BCUT2D eigenvalue weighted by molar-refractivity contribution is 0.1000. The molecular weight excluding hydrogens is 496 g/mol. The molecule has 0 amide bonds. The fourth-order valence-corrected chi connectivity index (χ4v) is 4.11. The van der Waals surface area contributed by atoms with Gasteiger partial charge in [0.1, 0.15) is 6.29 Å². The van der Waals surface area contributed by atoms with E-state index in [4.69, 9.17) is 5.21 Å². The van der Waals surface area contributed by atoms with Crippen molar-refractivity contribution >= 4 is 22.9 Å². The Morgan fingerprint density at radius 2 is 1.55 bits per heavy atom. The SMILES string of the molecule is CC1CN(Cc2ccccc2)CCN1C.CCCCC.O=Cc1ccc(NO)cc1.c1ccc2ncccc2c1. The highest BCUT2D eigenvalue weighted by Gasteiger charge is 2.20. The summed E-state index contributed by atoms with van der Waals surface area (Å²) < 4.78 is 0. The second-order valence-electron chi connectivity index (χ2n) is 9.95. The third kappa shape index (κ3) is 12.5. The number of unbranched alkanes of at least 4 members (excludes halogenated alkanes) is 2. The standard InChI is InChI=1S/C13H20N2.C9H7N.C7H7NO2.C5H12/c1-12-10-15(9-8-14(12)2)11-13-6-4-3-5-7-13;1-2-6-9-8(4-1)5-3-7-10-9;9-5-6-1-3-7(8-10)4-2-6;1-3-5-4-2/h3-7,12H,8-11H2,1-2H3;1-7H;1-5,8,10H;3-5H2,1-2H3. The minimum atomic E-state index is 0.575. The van der Waals surface area contributed by atoms with E-state index in [9.17, 15) is 4.79 Å². The summed E-state index contributed by atoms with van der Waals surface area (Å²) in [6.07, 6.45) is 6.64. The van der Waals surface area contributed by atoms with Crippen molar-refractivity contribution in [3.05, 3.63) is 108 Å². The highest BCUT2D eigenvalue weighted by atomic mass is 16.5. The Labute approximate surface area is 240 Å². The van der Waals surface area contributed by atoms with E-state index in [0.717, 1.165) is 18.3 Å². The Hall–Kier alpha value is -3.58. The maximum absolute atomic E-state index is 10.1. The highest BCUT2D eigenvalue weighted by Crippen LogP contribution is 2.11. The maximum Gasteiger partial charge on any atom is 0.150 e. The molecule has 1 saturated heterocycles. The number of pyridine rings is 1. The number of aldehydes is 1. The van der Waals surface area contributed by atoms with Crippen molar-refractivity contribution in [3.63, 3.8) is 0 Å². The number of carbonyl (C=O) groups excluding carboxylic acids is 1. The van der Waals surface area contributed by atoms with Gasteiger partial charge in [-0.25, -0.2) is 0 Å². The first-order valence-electron chi connectivity index (χ1n) is 14.2. The van der Waals surface area contributed by atoms with Crippen LogP contribution >= 0.6 is 0 Å². The summed E-state index contributed by atoms with van der Waals surface area (Å²) in [5, 5.41) is 9.56. The number of nitrogens with one attached hydrogen (secondary N) is 1. The van der Waals surface area contributed by atoms with Crippen LogP contribution in [0, 0.1) is 0 Å². The fourth-order valence-electron chi connectivity index (χ4n) is 4.11. The number of likely N-dealkylation sites (N-methyl/N-ethyl adjacent to an activating group) is 1. The van der Waals surface area contributed by atoms with Gasteiger partial charge in [-0.1, -0.05) is 87.7 Å². The second kappa shape index (κ2) is 19.5. The van der Waals surface area contributed by atoms with Gasteiger partial charge < -0.3 is 4.90 Å². The Kier molecular flexibility index (Phi) is 15.9. The molecule has 0 spiro atoms. The Balaban J connectivity index is 0.000000199. The molecule has 0 radical (unpaired) electrons. The lowest BCUT2D eigenvalue weighted by Crippen LogP contribution is -2.49. The zero-order valence-corrected chi connectivity index (χ0v) is 24.5. The van der Waals surface area contributed by atoms with Crippen molar-refractivity contribution < 1.29 is 10.0 Å². The largest absolute Gasteiger partial charge is 0.301 e. The number of carbonyl (C=O) groups is 1. The van der Waals surface area contributed by atoms with Gasteiger partial charge in [-0.15, -0.1) is 0 Å². The predicted molar refractivity (Wildman–Crippen MR) is 168 cm³/mol. The first-order chi connectivity index (χ1) is 19.5. The molecular formula is C34H46N4O2. The third-order valence-corrected chi connectivity index (χ3v) is 6.69. The van der Waals surface area contributed by atoms with Crippen molar-refractivity contribution in [2.45, 2.75) is 52.6 Å². The average Bonchev–Trinajstić information content (AvgIpc) is 3.01. The third-order valence-electron chi connectivity index (χ3n) is 6.69. The number of hydrogen-bond donors (Lipinski definition) is 2. The van der Waals surface area contributed by atoms with Gasteiger partial charge in [-0.05, 0) is 55.9 Å². The molecule has 0 saturated carbocycles. The normalized spacial score (nSPS) is 14.9. The molecule has 4 aromatic rings. The smallest absolute Gasteiger partial charge is 0.150 e. The van der Waals surface area contributed by atoms with Gasteiger partial charge in [0, 0.05) is 49.4 Å². The molecule has 1 aromatic heterocycles. The molecule has 1 aliphatic rings. The van der Waals surface area contributed by atoms with Crippen molar-refractivity contribution in [1.29, 1.82) is 0 Å². The number of rotatable bonds is 6. The molecule has 2 heterocycles. The Bertz CT molecular complexity index is 1130. The monoisotopic (exact) mass is 542 g/mol. The van der Waals surface area contributed by atoms with Crippen molar-refractivity contribution in [1.82, 2.24) is 14.8 Å². The maximum atomic E-state index is 10.1. The highest BCUT2D eigenvalue weighted by molar-refractivity contribution is 5.77. The zero-order valence-electron chi connectivity index (χ0n) is 24.5. The van der Waals surface area contributed by atoms with E-state index in [1.54, 1.807) is 24.3 Å². The molecule has 6 nitrogen and oxygen atoms in total. The summed E-state index contributed by atoms with van der Waals surface area (Å²) in [4.78, 5) is 19.3. The van der Waals surface area contributed by atoms with Crippen molar-refractivity contribution in [2.75, 3.05) is 32.2 Å². The van der Waals surface area contributed by atoms with Crippen LogP contribution in [0.25, 0.3) is 10.9 Å². The van der Waals surface area contributed by atoms with E-state index in [0.29, 0.717) is 17.3 Å². The molecule has 0 bridgehead atoms. The van der Waals surface area contributed by atoms with Gasteiger partial charge >= 0.3 is 0 Å². The van der Waals surface area contributed by atoms with Crippen LogP contribution in [-0.2, 0) is 6.54 Å². The van der Waals surface area contributed by atoms with Gasteiger partial charge in [0.25, 0.3) is 0 Å². The number of benzene rings is 3. The van der Waals surface area contributed by atoms with Gasteiger partial charge in [-0.3, -0.25) is 25.4 Å². The van der Waals surface area contributed by atoms with Crippen LogP contribution in [0.2, 0.25) is 0 Å². The molecule has 6 heteroatoms. The molecule has 1 aliphatic heterocycles. The summed E-state index contributed by atoms with van der Waals surface area (Å²) in [6.45, 7) is 11.4. The lowest BCUT2D eigenvalue weighted by Gasteiger charge is -2.37. The Morgan fingerprint density at radius 3 is 2.12 bits per heavy atom. The molecule has 5 rings (SSSR count). The first-order valence-corrected chi connectivity index (χ1v) is 14.2. The zero-order chi connectivity index (χ0) is 29.0. The number of piperazine rings is 1.